The Bertz CT molecular complexity index is 352. The highest BCUT2D eigenvalue weighted by atomic mass is 16.3. The number of hydrogen-bond donors (Lipinski definition) is 2. The minimum Gasteiger partial charge on any atom is -0.392 e. The van der Waals surface area contributed by atoms with Gasteiger partial charge in [-0.15, -0.1) is 0 Å². The Morgan fingerprint density at radius 2 is 2.33 bits per heavy atom. The summed E-state index contributed by atoms with van der Waals surface area (Å²) in [7, 11) is 1.61. The van der Waals surface area contributed by atoms with Gasteiger partial charge in [-0.1, -0.05) is 6.07 Å². The van der Waals surface area contributed by atoms with E-state index in [2.05, 4.69) is 4.98 Å². The van der Waals surface area contributed by atoms with Gasteiger partial charge in [0.05, 0.1) is 6.10 Å². The van der Waals surface area contributed by atoms with Gasteiger partial charge in [-0.05, 0) is 19.1 Å². The second-order valence-corrected chi connectivity index (χ2v) is 3.48. The molecule has 0 bridgehead atoms. The van der Waals surface area contributed by atoms with Crippen molar-refractivity contribution in [1.82, 2.24) is 9.88 Å². The minimum atomic E-state index is -0.556. The van der Waals surface area contributed by atoms with E-state index >= 15 is 0 Å². The first kappa shape index (κ1) is 11.5. The van der Waals surface area contributed by atoms with Gasteiger partial charge in [0, 0.05) is 13.6 Å². The zero-order valence-electron chi connectivity index (χ0n) is 8.84. The Balaban J connectivity index is 2.76. The lowest BCUT2D eigenvalue weighted by molar-refractivity contribution is 0.0698. The van der Waals surface area contributed by atoms with E-state index in [-0.39, 0.29) is 18.1 Å². The molecule has 0 aromatic carbocycles. The molecular weight excluding hydrogens is 194 g/mol. The van der Waals surface area contributed by atoms with Crippen LogP contribution in [0.3, 0.4) is 0 Å². The van der Waals surface area contributed by atoms with Crippen LogP contribution >= 0.6 is 0 Å². The summed E-state index contributed by atoms with van der Waals surface area (Å²) in [4.78, 5) is 17.0. The van der Waals surface area contributed by atoms with Crippen LogP contribution in [0, 0.1) is 0 Å². The lowest BCUT2D eigenvalue weighted by Gasteiger charge is -2.18. The van der Waals surface area contributed by atoms with Crippen LogP contribution in [0.15, 0.2) is 18.2 Å². The van der Waals surface area contributed by atoms with E-state index in [9.17, 15) is 4.79 Å². The SMILES string of the molecule is CC(O)CN(C)C(=O)c1cccc(N)n1. The quantitative estimate of drug-likeness (QED) is 0.740. The number of aliphatic hydroxyl groups is 1. The van der Waals surface area contributed by atoms with Crippen molar-refractivity contribution in [2.45, 2.75) is 13.0 Å². The number of nitrogens with zero attached hydrogens (tertiary/aromatic N) is 2. The van der Waals surface area contributed by atoms with E-state index in [1.807, 2.05) is 0 Å². The molecule has 1 atom stereocenters. The maximum Gasteiger partial charge on any atom is 0.272 e. The molecule has 15 heavy (non-hydrogen) atoms. The summed E-state index contributed by atoms with van der Waals surface area (Å²) in [5, 5.41) is 9.13. The van der Waals surface area contributed by atoms with Gasteiger partial charge in [-0.3, -0.25) is 4.79 Å². The molecule has 1 aromatic heterocycles. The third-order valence-corrected chi connectivity index (χ3v) is 1.87. The predicted molar refractivity (Wildman–Crippen MR) is 57.3 cm³/mol. The summed E-state index contributed by atoms with van der Waals surface area (Å²) in [6.07, 6.45) is -0.556. The maximum absolute atomic E-state index is 11.7. The van der Waals surface area contributed by atoms with E-state index in [1.54, 1.807) is 32.2 Å². The third kappa shape index (κ3) is 3.21. The van der Waals surface area contributed by atoms with Crippen molar-refractivity contribution >= 4 is 11.7 Å². The molecule has 1 aromatic rings. The van der Waals surface area contributed by atoms with E-state index < -0.39 is 6.10 Å². The second-order valence-electron chi connectivity index (χ2n) is 3.48. The number of likely N-dealkylation sites (N-methyl/N-ethyl adjacent to an activating group) is 1. The lowest BCUT2D eigenvalue weighted by Crippen LogP contribution is -2.33. The monoisotopic (exact) mass is 209 g/mol. The summed E-state index contributed by atoms with van der Waals surface area (Å²) in [5.41, 5.74) is 5.76. The van der Waals surface area contributed by atoms with Crippen LogP contribution in [-0.2, 0) is 0 Å². The molecule has 0 aliphatic heterocycles. The van der Waals surface area contributed by atoms with Crippen molar-refractivity contribution in [3.8, 4) is 0 Å². The second kappa shape index (κ2) is 4.75. The average molecular weight is 209 g/mol. The van der Waals surface area contributed by atoms with E-state index in [1.165, 1.54) is 4.90 Å². The standard InChI is InChI=1S/C10H15N3O2/c1-7(14)6-13(2)10(15)8-4-3-5-9(11)12-8/h3-5,7,14H,6H2,1-2H3,(H2,11,12). The number of carbonyl (C=O) groups is 1. The number of carbonyl (C=O) groups excluding carboxylic acids is 1. The van der Waals surface area contributed by atoms with Crippen LogP contribution < -0.4 is 5.73 Å². The van der Waals surface area contributed by atoms with Gasteiger partial charge in [-0.2, -0.15) is 0 Å². The zero-order chi connectivity index (χ0) is 11.4. The highest BCUT2D eigenvalue weighted by Gasteiger charge is 2.14. The average Bonchev–Trinajstić information content (AvgIpc) is 2.15. The van der Waals surface area contributed by atoms with Crippen LogP contribution in [0.5, 0.6) is 0 Å². The fourth-order valence-corrected chi connectivity index (χ4v) is 1.25. The number of hydrogen-bond acceptors (Lipinski definition) is 4. The van der Waals surface area contributed by atoms with Crippen LogP contribution in [0.4, 0.5) is 5.82 Å². The molecule has 0 spiro atoms. The first-order chi connectivity index (χ1) is 7.00. The van der Waals surface area contributed by atoms with Gasteiger partial charge in [0.15, 0.2) is 0 Å². The van der Waals surface area contributed by atoms with Gasteiger partial charge < -0.3 is 15.7 Å². The van der Waals surface area contributed by atoms with Crippen molar-refractivity contribution < 1.29 is 9.90 Å². The molecule has 1 heterocycles. The molecule has 1 amide bonds. The van der Waals surface area contributed by atoms with Crippen molar-refractivity contribution in [2.75, 3.05) is 19.3 Å². The van der Waals surface area contributed by atoms with Crippen LogP contribution in [0.25, 0.3) is 0 Å². The van der Waals surface area contributed by atoms with Gasteiger partial charge in [0.25, 0.3) is 5.91 Å². The van der Waals surface area contributed by atoms with Crippen molar-refractivity contribution in [3.05, 3.63) is 23.9 Å². The Hall–Kier alpha value is -1.62. The maximum atomic E-state index is 11.7. The molecule has 82 valence electrons. The highest BCUT2D eigenvalue weighted by Crippen LogP contribution is 2.04. The summed E-state index contributed by atoms with van der Waals surface area (Å²) in [6.45, 7) is 1.89. The van der Waals surface area contributed by atoms with Crippen LogP contribution in [-0.4, -0.2) is 40.6 Å². The summed E-state index contributed by atoms with van der Waals surface area (Å²) >= 11 is 0. The summed E-state index contributed by atoms with van der Waals surface area (Å²) in [6, 6.07) is 4.88. The molecule has 0 saturated heterocycles. The lowest BCUT2D eigenvalue weighted by atomic mass is 10.3. The van der Waals surface area contributed by atoms with Gasteiger partial charge in [0.1, 0.15) is 11.5 Å². The third-order valence-electron chi connectivity index (χ3n) is 1.87. The molecule has 5 heteroatoms. The summed E-state index contributed by atoms with van der Waals surface area (Å²) < 4.78 is 0. The number of amides is 1. The number of nitrogens with two attached hydrogens (primary N) is 1. The molecule has 0 radical (unpaired) electrons. The smallest absolute Gasteiger partial charge is 0.272 e. The summed E-state index contributed by atoms with van der Waals surface area (Å²) in [5.74, 6) is 0.0643. The number of rotatable bonds is 3. The molecule has 0 aliphatic rings. The molecule has 3 N–H and O–H groups in total. The van der Waals surface area contributed by atoms with Crippen LogP contribution in [0.1, 0.15) is 17.4 Å². The number of pyridine rings is 1. The molecule has 1 unspecified atom stereocenters. The minimum absolute atomic E-state index is 0.247. The normalized spacial score (nSPS) is 12.2. The van der Waals surface area contributed by atoms with Gasteiger partial charge in [0.2, 0.25) is 0 Å². The van der Waals surface area contributed by atoms with E-state index in [0.717, 1.165) is 0 Å². The first-order valence-corrected chi connectivity index (χ1v) is 4.66. The van der Waals surface area contributed by atoms with Gasteiger partial charge in [-0.25, -0.2) is 4.98 Å². The number of aliphatic hydroxyl groups excluding tert-OH is 1. The first-order valence-electron chi connectivity index (χ1n) is 4.66. The molecule has 5 nitrogen and oxygen atoms in total. The van der Waals surface area contributed by atoms with Crippen molar-refractivity contribution in [1.29, 1.82) is 0 Å². The molecule has 0 fully saturated rings. The van der Waals surface area contributed by atoms with Crippen LogP contribution in [0.2, 0.25) is 0 Å². The Morgan fingerprint density at radius 1 is 1.67 bits per heavy atom. The van der Waals surface area contributed by atoms with E-state index in [4.69, 9.17) is 10.8 Å². The molecule has 0 aliphatic carbocycles. The predicted octanol–water partition coefficient (Wildman–Crippen LogP) is 0.117. The molecule has 1 rings (SSSR count). The number of nitrogen functional groups attached to an aromatic ring is 1. The fraction of sp³-hybridized carbons (Fsp3) is 0.400. The Morgan fingerprint density at radius 3 is 2.87 bits per heavy atom. The van der Waals surface area contributed by atoms with Crippen molar-refractivity contribution in [3.63, 3.8) is 0 Å². The largest absolute Gasteiger partial charge is 0.392 e. The Kier molecular flexibility index (Phi) is 3.62. The topological polar surface area (TPSA) is 79.5 Å². The molecular formula is C10H15N3O2. The molecule has 0 saturated carbocycles. The number of aromatic nitrogens is 1. The number of anilines is 1. The van der Waals surface area contributed by atoms with Crippen molar-refractivity contribution in [2.24, 2.45) is 0 Å². The van der Waals surface area contributed by atoms with Gasteiger partial charge >= 0.3 is 0 Å². The fourth-order valence-electron chi connectivity index (χ4n) is 1.25. The zero-order valence-corrected chi connectivity index (χ0v) is 8.84. The Labute approximate surface area is 88.5 Å². The highest BCUT2D eigenvalue weighted by molar-refractivity contribution is 5.92. The van der Waals surface area contributed by atoms with E-state index in [0.29, 0.717) is 5.82 Å².